The molecule has 1 saturated heterocycles. The summed E-state index contributed by atoms with van der Waals surface area (Å²) in [5, 5.41) is 8.15. The third-order valence-corrected chi connectivity index (χ3v) is 5.16. The van der Waals surface area contributed by atoms with Crippen molar-refractivity contribution >= 4 is 12.0 Å². The standard InChI is InChI=1S/C22H29N5O6/c1-3-32-22(30)27-11-9-26(10-12-27)19(28)8-7-18-21(29)23-20(25-24-18)16-5-4-6-17(15-16)33-14-13-31-2/h4-6,15H,3,7-14H2,1-2H3,(H,23,25,29). The fourth-order valence-corrected chi connectivity index (χ4v) is 3.37. The van der Waals surface area contributed by atoms with E-state index in [1.165, 1.54) is 0 Å². The summed E-state index contributed by atoms with van der Waals surface area (Å²) in [7, 11) is 1.60. The van der Waals surface area contributed by atoms with E-state index in [2.05, 4.69) is 15.2 Å². The van der Waals surface area contributed by atoms with Gasteiger partial charge in [-0.2, -0.15) is 0 Å². The Bertz CT molecular complexity index is 1000. The van der Waals surface area contributed by atoms with E-state index >= 15 is 0 Å². The molecule has 0 saturated carbocycles. The molecule has 178 valence electrons. The Labute approximate surface area is 191 Å². The molecule has 0 spiro atoms. The molecule has 1 aromatic carbocycles. The van der Waals surface area contributed by atoms with Gasteiger partial charge in [-0.25, -0.2) is 4.79 Å². The van der Waals surface area contributed by atoms with Gasteiger partial charge in [-0.05, 0) is 19.1 Å². The number of hydrogen-bond donors (Lipinski definition) is 1. The number of piperazine rings is 1. The Kier molecular flexibility index (Phi) is 8.76. The maximum absolute atomic E-state index is 12.5. The SMILES string of the molecule is CCOC(=O)N1CCN(C(=O)CCc2nnc(-c3cccc(OCCOC)c3)[nH]c2=O)CC1. The number of benzene rings is 1. The molecule has 0 radical (unpaired) electrons. The monoisotopic (exact) mass is 459 g/mol. The molecule has 2 aromatic rings. The summed E-state index contributed by atoms with van der Waals surface area (Å²) in [5.41, 5.74) is 0.479. The van der Waals surface area contributed by atoms with Gasteiger partial charge in [-0.3, -0.25) is 9.59 Å². The van der Waals surface area contributed by atoms with Crippen LogP contribution in [0, 0.1) is 0 Å². The summed E-state index contributed by atoms with van der Waals surface area (Å²) >= 11 is 0. The summed E-state index contributed by atoms with van der Waals surface area (Å²) < 4.78 is 15.5. The molecular formula is C22H29N5O6. The minimum Gasteiger partial charge on any atom is -0.491 e. The van der Waals surface area contributed by atoms with Crippen molar-refractivity contribution < 1.29 is 23.8 Å². The fraction of sp³-hybridized carbons (Fsp3) is 0.500. The lowest BCUT2D eigenvalue weighted by Crippen LogP contribution is -2.50. The lowest BCUT2D eigenvalue weighted by Gasteiger charge is -2.34. The molecule has 1 aliphatic heterocycles. The summed E-state index contributed by atoms with van der Waals surface area (Å²) in [4.78, 5) is 42.8. The molecular weight excluding hydrogens is 430 g/mol. The van der Waals surface area contributed by atoms with E-state index in [0.29, 0.717) is 63.1 Å². The average Bonchev–Trinajstić information content (AvgIpc) is 2.83. The molecule has 3 rings (SSSR count). The molecule has 33 heavy (non-hydrogen) atoms. The highest BCUT2D eigenvalue weighted by molar-refractivity contribution is 5.77. The van der Waals surface area contributed by atoms with Crippen LogP contribution in [-0.2, 0) is 20.7 Å². The van der Waals surface area contributed by atoms with Crippen LogP contribution in [0.15, 0.2) is 29.1 Å². The fourth-order valence-electron chi connectivity index (χ4n) is 3.37. The van der Waals surface area contributed by atoms with Gasteiger partial charge < -0.3 is 29.0 Å². The number of hydrogen-bond acceptors (Lipinski definition) is 8. The number of H-pyrrole nitrogens is 1. The second-order valence-corrected chi connectivity index (χ2v) is 7.39. The summed E-state index contributed by atoms with van der Waals surface area (Å²) in [6, 6.07) is 7.15. The molecule has 0 bridgehead atoms. The van der Waals surface area contributed by atoms with Crippen molar-refractivity contribution in [3.05, 3.63) is 40.3 Å². The van der Waals surface area contributed by atoms with Gasteiger partial charge in [0.1, 0.15) is 18.1 Å². The smallest absolute Gasteiger partial charge is 0.409 e. The van der Waals surface area contributed by atoms with Crippen LogP contribution in [0.1, 0.15) is 19.0 Å². The van der Waals surface area contributed by atoms with E-state index in [-0.39, 0.29) is 36.1 Å². The number of methoxy groups -OCH3 is 1. The first-order chi connectivity index (χ1) is 16.0. The van der Waals surface area contributed by atoms with Crippen molar-refractivity contribution in [1.29, 1.82) is 0 Å². The normalized spacial score (nSPS) is 13.6. The molecule has 2 heterocycles. The zero-order chi connectivity index (χ0) is 23.6. The molecule has 0 atom stereocenters. The molecule has 1 aliphatic rings. The van der Waals surface area contributed by atoms with Crippen molar-refractivity contribution in [2.24, 2.45) is 0 Å². The van der Waals surface area contributed by atoms with Gasteiger partial charge in [0.2, 0.25) is 5.91 Å². The molecule has 11 heteroatoms. The first kappa shape index (κ1) is 24.2. The van der Waals surface area contributed by atoms with Crippen molar-refractivity contribution in [2.45, 2.75) is 19.8 Å². The van der Waals surface area contributed by atoms with Gasteiger partial charge in [-0.1, -0.05) is 12.1 Å². The average molecular weight is 460 g/mol. The number of aryl methyl sites for hydroxylation is 1. The quantitative estimate of drug-likeness (QED) is 0.552. The van der Waals surface area contributed by atoms with E-state index < -0.39 is 0 Å². The van der Waals surface area contributed by atoms with Crippen LogP contribution in [0.3, 0.4) is 0 Å². The van der Waals surface area contributed by atoms with Crippen LogP contribution in [0.4, 0.5) is 4.79 Å². The second kappa shape index (κ2) is 12.0. The molecule has 2 amide bonds. The number of aromatic nitrogens is 3. The Morgan fingerprint density at radius 1 is 1.09 bits per heavy atom. The van der Waals surface area contributed by atoms with Crippen LogP contribution >= 0.6 is 0 Å². The molecule has 1 fully saturated rings. The highest BCUT2D eigenvalue weighted by Gasteiger charge is 2.24. The van der Waals surface area contributed by atoms with E-state index in [9.17, 15) is 14.4 Å². The predicted octanol–water partition coefficient (Wildman–Crippen LogP) is 1.09. The number of amides is 2. The maximum Gasteiger partial charge on any atom is 0.409 e. The third kappa shape index (κ3) is 6.75. The number of rotatable bonds is 9. The van der Waals surface area contributed by atoms with Crippen molar-refractivity contribution in [2.75, 3.05) is 53.1 Å². The summed E-state index contributed by atoms with van der Waals surface area (Å²) in [6.45, 7) is 4.66. The van der Waals surface area contributed by atoms with Crippen LogP contribution in [0.25, 0.3) is 11.4 Å². The van der Waals surface area contributed by atoms with E-state index in [4.69, 9.17) is 14.2 Å². The Hall–Kier alpha value is -3.47. The van der Waals surface area contributed by atoms with E-state index in [1.54, 1.807) is 48.1 Å². The van der Waals surface area contributed by atoms with Gasteiger partial charge in [0, 0.05) is 51.7 Å². The Morgan fingerprint density at radius 2 is 1.85 bits per heavy atom. The first-order valence-corrected chi connectivity index (χ1v) is 10.9. The number of ether oxygens (including phenoxy) is 3. The van der Waals surface area contributed by atoms with Gasteiger partial charge in [-0.15, -0.1) is 10.2 Å². The number of nitrogens with one attached hydrogen (secondary N) is 1. The Balaban J connectivity index is 1.54. The zero-order valence-electron chi connectivity index (χ0n) is 18.9. The van der Waals surface area contributed by atoms with Crippen molar-refractivity contribution in [3.8, 4) is 17.1 Å². The maximum atomic E-state index is 12.5. The van der Waals surface area contributed by atoms with Gasteiger partial charge in [0.05, 0.1) is 13.2 Å². The molecule has 1 N–H and O–H groups in total. The molecule has 0 unspecified atom stereocenters. The van der Waals surface area contributed by atoms with Crippen LogP contribution < -0.4 is 10.3 Å². The topological polar surface area (TPSA) is 127 Å². The minimum absolute atomic E-state index is 0.0929. The molecule has 1 aromatic heterocycles. The van der Waals surface area contributed by atoms with E-state index in [0.717, 1.165) is 0 Å². The minimum atomic E-state index is -0.384. The van der Waals surface area contributed by atoms with Crippen molar-refractivity contribution in [3.63, 3.8) is 0 Å². The van der Waals surface area contributed by atoms with Crippen LogP contribution in [0.5, 0.6) is 5.75 Å². The zero-order valence-corrected chi connectivity index (χ0v) is 18.9. The summed E-state index contributed by atoms with van der Waals surface area (Å²) in [5.74, 6) is 0.858. The second-order valence-electron chi connectivity index (χ2n) is 7.39. The first-order valence-electron chi connectivity index (χ1n) is 10.9. The van der Waals surface area contributed by atoms with E-state index in [1.807, 2.05) is 0 Å². The van der Waals surface area contributed by atoms with Crippen LogP contribution in [-0.4, -0.2) is 90.1 Å². The van der Waals surface area contributed by atoms with Crippen molar-refractivity contribution in [1.82, 2.24) is 25.0 Å². The lowest BCUT2D eigenvalue weighted by molar-refractivity contribution is -0.132. The molecule has 11 nitrogen and oxygen atoms in total. The predicted molar refractivity (Wildman–Crippen MR) is 119 cm³/mol. The molecule has 0 aliphatic carbocycles. The largest absolute Gasteiger partial charge is 0.491 e. The summed E-state index contributed by atoms with van der Waals surface area (Å²) in [6.07, 6.45) is -0.0439. The van der Waals surface area contributed by atoms with Gasteiger partial charge in [0.25, 0.3) is 5.56 Å². The highest BCUT2D eigenvalue weighted by atomic mass is 16.6. The third-order valence-electron chi connectivity index (χ3n) is 5.16. The van der Waals surface area contributed by atoms with Gasteiger partial charge >= 0.3 is 6.09 Å². The van der Waals surface area contributed by atoms with Gasteiger partial charge in [0.15, 0.2) is 5.82 Å². The van der Waals surface area contributed by atoms with Crippen LogP contribution in [0.2, 0.25) is 0 Å². The highest BCUT2D eigenvalue weighted by Crippen LogP contribution is 2.20. The Morgan fingerprint density at radius 3 is 2.55 bits per heavy atom. The number of carbonyl (C=O) groups is 2. The number of carbonyl (C=O) groups excluding carboxylic acids is 2. The lowest BCUT2D eigenvalue weighted by atomic mass is 10.2. The number of aromatic amines is 1. The number of nitrogens with zero attached hydrogens (tertiary/aromatic N) is 4.